The van der Waals surface area contributed by atoms with Crippen molar-refractivity contribution in [2.75, 3.05) is 0 Å². The van der Waals surface area contributed by atoms with Crippen LogP contribution in [0.5, 0.6) is 0 Å². The molecule has 0 saturated heterocycles. The summed E-state index contributed by atoms with van der Waals surface area (Å²) in [6.07, 6.45) is -4.48. The summed E-state index contributed by atoms with van der Waals surface area (Å²) in [7, 11) is 0. The van der Waals surface area contributed by atoms with E-state index < -0.39 is 11.7 Å². The first-order valence-electron chi connectivity index (χ1n) is 8.97. The average molecular weight is 375 g/mol. The highest BCUT2D eigenvalue weighted by atomic mass is 19.4. The zero-order valence-electron chi connectivity index (χ0n) is 16.4. The Morgan fingerprint density at radius 2 is 1.59 bits per heavy atom. The maximum atomic E-state index is 13.8. The molecule has 2 aromatic heterocycles. The predicted molar refractivity (Wildman–Crippen MR) is 102 cm³/mol. The summed E-state index contributed by atoms with van der Waals surface area (Å²) >= 11 is 0. The molecule has 0 aliphatic carbocycles. The van der Waals surface area contributed by atoms with E-state index in [0.29, 0.717) is 17.0 Å². The number of nitrogens with zero attached hydrogens (tertiary/aromatic N) is 3. The van der Waals surface area contributed by atoms with E-state index in [4.69, 9.17) is 0 Å². The largest absolute Gasteiger partial charge is 0.417 e. The van der Waals surface area contributed by atoms with E-state index in [-0.39, 0.29) is 22.5 Å². The molecule has 2 heterocycles. The zero-order valence-corrected chi connectivity index (χ0v) is 16.4. The third-order valence-corrected chi connectivity index (χ3v) is 4.68. The van der Waals surface area contributed by atoms with Crippen LogP contribution in [-0.4, -0.2) is 14.8 Å². The van der Waals surface area contributed by atoms with Gasteiger partial charge >= 0.3 is 6.18 Å². The molecule has 3 rings (SSSR count). The van der Waals surface area contributed by atoms with E-state index in [9.17, 15) is 13.2 Å². The van der Waals surface area contributed by atoms with Gasteiger partial charge in [-0.1, -0.05) is 45.0 Å². The van der Waals surface area contributed by atoms with Crippen molar-refractivity contribution in [2.24, 2.45) is 0 Å². The highest BCUT2D eigenvalue weighted by Gasteiger charge is 2.36. The molecular weight excluding hydrogens is 351 g/mol. The zero-order chi connectivity index (χ0) is 20.1. The lowest BCUT2D eigenvalue weighted by Gasteiger charge is -2.19. The molecule has 144 valence electrons. The number of benzene rings is 1. The van der Waals surface area contributed by atoms with E-state index in [1.165, 1.54) is 0 Å². The van der Waals surface area contributed by atoms with Crippen molar-refractivity contribution >= 4 is 11.0 Å². The third-order valence-electron chi connectivity index (χ3n) is 4.68. The van der Waals surface area contributed by atoms with Crippen molar-refractivity contribution in [3.05, 3.63) is 47.2 Å². The summed E-state index contributed by atoms with van der Waals surface area (Å²) in [5, 5.41) is 4.37. The molecule has 3 nitrogen and oxygen atoms in total. The number of alkyl halides is 3. The smallest absolute Gasteiger partial charge is 0.244 e. The maximum Gasteiger partial charge on any atom is 0.417 e. The molecule has 0 radical (unpaired) electrons. The molecule has 0 unspecified atom stereocenters. The molecule has 0 atom stereocenters. The van der Waals surface area contributed by atoms with E-state index in [2.05, 4.69) is 30.9 Å². The third kappa shape index (κ3) is 3.57. The number of aryl methyl sites for hydroxylation is 1. The van der Waals surface area contributed by atoms with Gasteiger partial charge in [-0.05, 0) is 37.8 Å². The number of aromatic nitrogens is 3. The van der Waals surface area contributed by atoms with Gasteiger partial charge in [-0.3, -0.25) is 0 Å². The number of halogens is 3. The van der Waals surface area contributed by atoms with Gasteiger partial charge in [-0.2, -0.15) is 18.3 Å². The minimum Gasteiger partial charge on any atom is -0.244 e. The lowest BCUT2D eigenvalue weighted by Crippen LogP contribution is -2.11. The lowest BCUT2D eigenvalue weighted by molar-refractivity contribution is -0.136. The summed E-state index contributed by atoms with van der Waals surface area (Å²) < 4.78 is 42.8. The number of fused-ring (bicyclic) bond motifs is 1. The van der Waals surface area contributed by atoms with E-state index in [1.54, 1.807) is 11.6 Å². The summed E-state index contributed by atoms with van der Waals surface area (Å²) in [5.74, 6) is 0. The SMILES string of the molecule is Cc1nn(C(C)C)c2nc(-c3ccc(C(C)(C)C)cc3)cc(C(F)(F)F)c12. The van der Waals surface area contributed by atoms with E-state index >= 15 is 0 Å². The second-order valence-electron chi connectivity index (χ2n) is 8.20. The number of pyridine rings is 1. The monoisotopic (exact) mass is 375 g/mol. The number of rotatable bonds is 2. The van der Waals surface area contributed by atoms with Gasteiger partial charge in [0, 0.05) is 11.6 Å². The molecule has 0 bridgehead atoms. The Hall–Kier alpha value is -2.37. The van der Waals surface area contributed by atoms with Crippen LogP contribution in [0, 0.1) is 6.92 Å². The Morgan fingerprint density at radius 1 is 1.00 bits per heavy atom. The van der Waals surface area contributed by atoms with Gasteiger partial charge in [0.1, 0.15) is 0 Å². The van der Waals surface area contributed by atoms with Crippen molar-refractivity contribution in [1.82, 2.24) is 14.8 Å². The average Bonchev–Trinajstić information content (AvgIpc) is 2.90. The maximum absolute atomic E-state index is 13.8. The molecular formula is C21H24F3N3. The van der Waals surface area contributed by atoms with Gasteiger partial charge in [0.25, 0.3) is 0 Å². The molecule has 0 saturated carbocycles. The first kappa shape index (κ1) is 19.4. The van der Waals surface area contributed by atoms with Crippen LogP contribution in [0.3, 0.4) is 0 Å². The van der Waals surface area contributed by atoms with Crippen molar-refractivity contribution < 1.29 is 13.2 Å². The fourth-order valence-electron chi connectivity index (χ4n) is 3.19. The van der Waals surface area contributed by atoms with Gasteiger partial charge < -0.3 is 0 Å². The van der Waals surface area contributed by atoms with Crippen LogP contribution in [-0.2, 0) is 11.6 Å². The minimum absolute atomic E-state index is 0.0274. The van der Waals surface area contributed by atoms with Crippen LogP contribution in [0.2, 0.25) is 0 Å². The van der Waals surface area contributed by atoms with Crippen LogP contribution < -0.4 is 0 Å². The van der Waals surface area contributed by atoms with Gasteiger partial charge in [-0.15, -0.1) is 0 Å². The predicted octanol–water partition coefficient (Wildman–Crippen LogP) is 6.30. The molecule has 0 amide bonds. The Balaban J connectivity index is 2.26. The lowest BCUT2D eigenvalue weighted by atomic mass is 9.86. The molecule has 3 aromatic rings. The Labute approximate surface area is 157 Å². The second-order valence-corrected chi connectivity index (χ2v) is 8.20. The minimum atomic E-state index is -4.48. The Kier molecular flexibility index (Phi) is 4.57. The topological polar surface area (TPSA) is 30.7 Å². The molecule has 0 fully saturated rings. The van der Waals surface area contributed by atoms with Crippen molar-refractivity contribution in [1.29, 1.82) is 0 Å². The van der Waals surface area contributed by atoms with E-state index in [1.807, 2.05) is 38.1 Å². The fourth-order valence-corrected chi connectivity index (χ4v) is 3.19. The van der Waals surface area contributed by atoms with Crippen LogP contribution in [0.25, 0.3) is 22.3 Å². The summed E-state index contributed by atoms with van der Waals surface area (Å²) in [4.78, 5) is 4.55. The number of hydrogen-bond donors (Lipinski definition) is 0. The summed E-state index contributed by atoms with van der Waals surface area (Å²) in [6, 6.07) is 8.59. The molecule has 27 heavy (non-hydrogen) atoms. The highest BCUT2D eigenvalue weighted by Crippen LogP contribution is 2.38. The van der Waals surface area contributed by atoms with Gasteiger partial charge in [0.2, 0.25) is 0 Å². The first-order valence-corrected chi connectivity index (χ1v) is 8.97. The highest BCUT2D eigenvalue weighted by molar-refractivity contribution is 5.85. The molecule has 1 aromatic carbocycles. The van der Waals surface area contributed by atoms with Gasteiger partial charge in [-0.25, -0.2) is 9.67 Å². The summed E-state index contributed by atoms with van der Waals surface area (Å²) in [5.41, 5.74) is 1.97. The van der Waals surface area contributed by atoms with Gasteiger partial charge in [0.15, 0.2) is 5.65 Å². The standard InChI is InChI=1S/C21H24F3N3/c1-12(2)27-19-18(13(3)26-27)16(21(22,23)24)11-17(25-19)14-7-9-15(10-8-14)20(4,5)6/h7-12H,1-6H3. The Bertz CT molecular complexity index is 975. The molecule has 0 N–H and O–H groups in total. The van der Waals surface area contributed by atoms with Gasteiger partial charge in [0.05, 0.1) is 22.3 Å². The van der Waals surface area contributed by atoms with Crippen LogP contribution in [0.4, 0.5) is 13.2 Å². The van der Waals surface area contributed by atoms with E-state index in [0.717, 1.165) is 11.6 Å². The molecule has 0 spiro atoms. The van der Waals surface area contributed by atoms with Crippen LogP contribution >= 0.6 is 0 Å². The second kappa shape index (κ2) is 6.36. The fraction of sp³-hybridized carbons (Fsp3) is 0.429. The molecule has 6 heteroatoms. The van der Waals surface area contributed by atoms with Crippen molar-refractivity contribution in [3.63, 3.8) is 0 Å². The first-order chi connectivity index (χ1) is 12.4. The molecule has 0 aliphatic rings. The quantitative estimate of drug-likeness (QED) is 0.526. The molecule has 0 aliphatic heterocycles. The normalized spacial score (nSPS) is 13.0. The Morgan fingerprint density at radius 3 is 2.07 bits per heavy atom. The van der Waals surface area contributed by atoms with Crippen LogP contribution in [0.1, 0.15) is 57.5 Å². The number of hydrogen-bond acceptors (Lipinski definition) is 2. The van der Waals surface area contributed by atoms with Crippen molar-refractivity contribution in [2.45, 2.75) is 59.2 Å². The van der Waals surface area contributed by atoms with Crippen LogP contribution in [0.15, 0.2) is 30.3 Å². The van der Waals surface area contributed by atoms with Crippen molar-refractivity contribution in [3.8, 4) is 11.3 Å². The summed E-state index contributed by atoms with van der Waals surface area (Å²) in [6.45, 7) is 11.6.